The maximum absolute atomic E-state index is 12.8. The molecule has 0 saturated carbocycles. The minimum atomic E-state index is 0.133. The van der Waals surface area contributed by atoms with E-state index >= 15 is 0 Å². The first-order valence-electron chi connectivity index (χ1n) is 9.10. The third-order valence-corrected chi connectivity index (χ3v) is 5.52. The van der Waals surface area contributed by atoms with Crippen molar-refractivity contribution >= 4 is 5.91 Å². The van der Waals surface area contributed by atoms with Gasteiger partial charge in [0.2, 0.25) is 5.91 Å². The van der Waals surface area contributed by atoms with Crippen molar-refractivity contribution in [3.05, 3.63) is 23.3 Å². The zero-order chi connectivity index (χ0) is 16.4. The van der Waals surface area contributed by atoms with Crippen LogP contribution in [-0.2, 0) is 27.1 Å². The second kappa shape index (κ2) is 7.15. The molecule has 2 fully saturated rings. The third-order valence-electron chi connectivity index (χ3n) is 5.52. The van der Waals surface area contributed by atoms with Crippen LogP contribution in [0.3, 0.4) is 0 Å². The van der Waals surface area contributed by atoms with E-state index in [1.165, 1.54) is 5.56 Å². The van der Waals surface area contributed by atoms with E-state index < -0.39 is 0 Å². The summed E-state index contributed by atoms with van der Waals surface area (Å²) in [5.41, 5.74) is 3.53. The fraction of sp³-hybridized carbons (Fsp3) is 0.722. The van der Waals surface area contributed by atoms with Crippen molar-refractivity contribution in [2.45, 2.75) is 38.0 Å². The highest BCUT2D eigenvalue weighted by molar-refractivity contribution is 5.79. The number of nitrogens with zero attached hydrogens (tertiary/aromatic N) is 3. The molecule has 0 N–H and O–H groups in total. The lowest BCUT2D eigenvalue weighted by Gasteiger charge is -2.28. The van der Waals surface area contributed by atoms with Crippen LogP contribution in [0.5, 0.6) is 0 Å². The molecule has 1 aromatic heterocycles. The molecule has 0 bridgehead atoms. The van der Waals surface area contributed by atoms with E-state index in [0.29, 0.717) is 25.0 Å². The monoisotopic (exact) mass is 331 g/mol. The van der Waals surface area contributed by atoms with Gasteiger partial charge in [-0.2, -0.15) is 0 Å². The van der Waals surface area contributed by atoms with Gasteiger partial charge in [0, 0.05) is 56.9 Å². The van der Waals surface area contributed by atoms with Crippen LogP contribution in [0.15, 0.2) is 6.33 Å². The van der Waals surface area contributed by atoms with Crippen LogP contribution in [0.2, 0.25) is 0 Å². The summed E-state index contributed by atoms with van der Waals surface area (Å²) in [6.45, 7) is 4.54. The number of hydrogen-bond acceptors (Lipinski definition) is 5. The highest BCUT2D eigenvalue weighted by atomic mass is 16.5. The molecule has 0 unspecified atom stereocenters. The van der Waals surface area contributed by atoms with Crippen LogP contribution in [0, 0.1) is 5.92 Å². The van der Waals surface area contributed by atoms with Gasteiger partial charge in [-0.15, -0.1) is 0 Å². The van der Waals surface area contributed by atoms with E-state index in [2.05, 4.69) is 9.97 Å². The number of ether oxygens (including phenoxy) is 2. The Hall–Kier alpha value is -1.53. The molecule has 1 atom stereocenters. The van der Waals surface area contributed by atoms with Gasteiger partial charge in [-0.1, -0.05) is 0 Å². The Morgan fingerprint density at radius 1 is 1.04 bits per heavy atom. The molecule has 0 radical (unpaired) electrons. The quantitative estimate of drug-likeness (QED) is 0.818. The zero-order valence-corrected chi connectivity index (χ0v) is 14.1. The molecule has 3 aliphatic heterocycles. The van der Waals surface area contributed by atoms with Crippen LogP contribution in [0.4, 0.5) is 0 Å². The molecular formula is C18H25N3O3. The molecule has 2 saturated heterocycles. The Balaban J connectivity index is 1.49. The number of rotatable bonds is 2. The summed E-state index contributed by atoms with van der Waals surface area (Å²) in [6.07, 6.45) is 6.11. The summed E-state index contributed by atoms with van der Waals surface area (Å²) in [7, 11) is 0. The number of amides is 1. The maximum atomic E-state index is 12.8. The molecule has 4 heterocycles. The Labute approximate surface area is 142 Å². The predicted molar refractivity (Wildman–Crippen MR) is 87.7 cm³/mol. The smallest absolute Gasteiger partial charge is 0.225 e. The highest BCUT2D eigenvalue weighted by Crippen LogP contribution is 2.29. The lowest BCUT2D eigenvalue weighted by Crippen LogP contribution is -2.40. The Morgan fingerprint density at radius 3 is 2.62 bits per heavy atom. The van der Waals surface area contributed by atoms with Gasteiger partial charge in [-0.05, 0) is 31.2 Å². The Bertz CT molecular complexity index is 595. The van der Waals surface area contributed by atoms with Gasteiger partial charge in [0.15, 0.2) is 0 Å². The minimum absolute atomic E-state index is 0.133. The van der Waals surface area contributed by atoms with Crippen molar-refractivity contribution in [1.29, 1.82) is 0 Å². The summed E-state index contributed by atoms with van der Waals surface area (Å²) in [5, 5.41) is 0. The second-order valence-electron chi connectivity index (χ2n) is 6.96. The molecule has 1 amide bonds. The molecular weight excluding hydrogens is 306 g/mol. The minimum Gasteiger partial charge on any atom is -0.381 e. The van der Waals surface area contributed by atoms with E-state index in [9.17, 15) is 4.79 Å². The van der Waals surface area contributed by atoms with Gasteiger partial charge >= 0.3 is 0 Å². The number of carbonyl (C=O) groups is 1. The van der Waals surface area contributed by atoms with E-state index in [1.807, 2.05) is 4.90 Å². The first kappa shape index (κ1) is 16.0. The standard InChI is InChI=1S/C18H25N3O3/c22-18(13-3-8-23-9-4-13)21-6-1-15-16(2-7-21)19-12-20-17(15)14-5-10-24-11-14/h12-14H,1-11H2/t14-/m0/s1. The van der Waals surface area contributed by atoms with Crippen LogP contribution in [0.25, 0.3) is 0 Å². The average Bonchev–Trinajstić information content (AvgIpc) is 3.08. The van der Waals surface area contributed by atoms with Crippen LogP contribution >= 0.6 is 0 Å². The molecule has 6 nitrogen and oxygen atoms in total. The van der Waals surface area contributed by atoms with Gasteiger partial charge in [-0.3, -0.25) is 4.79 Å². The topological polar surface area (TPSA) is 64.5 Å². The Kier molecular flexibility index (Phi) is 4.76. The van der Waals surface area contributed by atoms with E-state index in [1.54, 1.807) is 6.33 Å². The number of hydrogen-bond donors (Lipinski definition) is 0. The van der Waals surface area contributed by atoms with Gasteiger partial charge in [0.05, 0.1) is 12.3 Å². The van der Waals surface area contributed by atoms with Crippen LogP contribution in [0.1, 0.15) is 42.1 Å². The summed E-state index contributed by atoms with van der Waals surface area (Å²) in [5.74, 6) is 0.818. The molecule has 4 rings (SSSR count). The SMILES string of the molecule is O=C(C1CCOCC1)N1CCc2ncnc([C@H]3CCOC3)c2CC1. The predicted octanol–water partition coefficient (Wildman–Crippen LogP) is 1.33. The lowest BCUT2D eigenvalue weighted by molar-refractivity contribution is -0.138. The van der Waals surface area contributed by atoms with Gasteiger partial charge in [0.1, 0.15) is 6.33 Å². The first-order valence-corrected chi connectivity index (χ1v) is 9.10. The molecule has 0 spiro atoms. The van der Waals surface area contributed by atoms with E-state index in [-0.39, 0.29) is 5.92 Å². The molecule has 0 aliphatic carbocycles. The van der Waals surface area contributed by atoms with Crippen LogP contribution < -0.4 is 0 Å². The molecule has 3 aliphatic rings. The highest BCUT2D eigenvalue weighted by Gasteiger charge is 2.30. The normalized spacial score (nSPS) is 25.3. The van der Waals surface area contributed by atoms with Crippen molar-refractivity contribution < 1.29 is 14.3 Å². The Morgan fingerprint density at radius 2 is 1.83 bits per heavy atom. The van der Waals surface area contributed by atoms with Gasteiger partial charge < -0.3 is 14.4 Å². The van der Waals surface area contributed by atoms with Crippen molar-refractivity contribution in [1.82, 2.24) is 14.9 Å². The zero-order valence-electron chi connectivity index (χ0n) is 14.1. The van der Waals surface area contributed by atoms with E-state index in [4.69, 9.17) is 9.47 Å². The maximum Gasteiger partial charge on any atom is 0.225 e. The summed E-state index contributed by atoms with van der Waals surface area (Å²) >= 11 is 0. The summed E-state index contributed by atoms with van der Waals surface area (Å²) in [4.78, 5) is 23.9. The molecule has 6 heteroatoms. The van der Waals surface area contributed by atoms with E-state index in [0.717, 1.165) is 69.8 Å². The third kappa shape index (κ3) is 3.17. The van der Waals surface area contributed by atoms with Crippen molar-refractivity contribution in [2.24, 2.45) is 5.92 Å². The molecule has 0 aromatic carbocycles. The fourth-order valence-electron chi connectivity index (χ4n) is 4.08. The lowest BCUT2D eigenvalue weighted by atomic mass is 9.96. The van der Waals surface area contributed by atoms with Gasteiger partial charge in [0.25, 0.3) is 0 Å². The first-order chi connectivity index (χ1) is 11.8. The summed E-state index contributed by atoms with van der Waals surface area (Å²) in [6, 6.07) is 0. The molecule has 24 heavy (non-hydrogen) atoms. The number of carbonyl (C=O) groups excluding carboxylic acids is 1. The fourth-order valence-corrected chi connectivity index (χ4v) is 4.08. The second-order valence-corrected chi connectivity index (χ2v) is 6.96. The summed E-state index contributed by atoms with van der Waals surface area (Å²) < 4.78 is 10.9. The largest absolute Gasteiger partial charge is 0.381 e. The van der Waals surface area contributed by atoms with Crippen molar-refractivity contribution in [3.8, 4) is 0 Å². The molecule has 130 valence electrons. The van der Waals surface area contributed by atoms with Crippen molar-refractivity contribution in [3.63, 3.8) is 0 Å². The molecule has 1 aromatic rings. The van der Waals surface area contributed by atoms with Crippen molar-refractivity contribution in [2.75, 3.05) is 39.5 Å². The number of aromatic nitrogens is 2. The van der Waals surface area contributed by atoms with Gasteiger partial charge in [-0.25, -0.2) is 9.97 Å². The number of fused-ring (bicyclic) bond motifs is 1. The average molecular weight is 331 g/mol. The van der Waals surface area contributed by atoms with Crippen LogP contribution in [-0.4, -0.2) is 60.3 Å².